The largest absolute Gasteiger partial charge is 0.481 e. The van der Waals surface area contributed by atoms with Crippen LogP contribution in [0.15, 0.2) is 30.3 Å². The number of amides is 1. The van der Waals surface area contributed by atoms with Crippen LogP contribution in [0.4, 0.5) is 4.79 Å². The molecule has 23 heavy (non-hydrogen) atoms. The van der Waals surface area contributed by atoms with Gasteiger partial charge in [0.05, 0.1) is 19.1 Å². The fourth-order valence-corrected chi connectivity index (χ4v) is 1.97. The summed E-state index contributed by atoms with van der Waals surface area (Å²) in [5.41, 5.74) is 0.914. The minimum Gasteiger partial charge on any atom is -0.481 e. The number of nitrogens with one attached hydrogen (secondary N) is 1. The van der Waals surface area contributed by atoms with E-state index in [0.29, 0.717) is 19.6 Å². The van der Waals surface area contributed by atoms with Crippen LogP contribution in [0.5, 0.6) is 0 Å². The molecule has 2 N–H and O–H groups in total. The zero-order chi connectivity index (χ0) is 17.1. The van der Waals surface area contributed by atoms with Crippen molar-refractivity contribution in [2.24, 2.45) is 5.92 Å². The maximum absolute atomic E-state index is 11.6. The molecule has 1 unspecified atom stereocenters. The lowest BCUT2D eigenvalue weighted by Crippen LogP contribution is -2.28. The Morgan fingerprint density at radius 2 is 1.91 bits per heavy atom. The number of hydrogen-bond acceptors (Lipinski definition) is 4. The summed E-state index contributed by atoms with van der Waals surface area (Å²) in [4.78, 5) is 22.4. The van der Waals surface area contributed by atoms with Gasteiger partial charge in [-0.05, 0) is 31.7 Å². The lowest BCUT2D eigenvalue weighted by molar-refractivity contribution is -0.138. The highest BCUT2D eigenvalue weighted by atomic mass is 16.5. The minimum absolute atomic E-state index is 0.0213. The Hall–Kier alpha value is -2.08. The fraction of sp³-hybridized carbons (Fsp3) is 0.529. The van der Waals surface area contributed by atoms with E-state index in [4.69, 9.17) is 14.6 Å². The summed E-state index contributed by atoms with van der Waals surface area (Å²) in [5, 5.41) is 11.5. The van der Waals surface area contributed by atoms with E-state index in [1.165, 1.54) is 0 Å². The SMILES string of the molecule is CC(C)OCC(CCNC(=O)OCc1ccccc1)CC(=O)O. The minimum atomic E-state index is -0.867. The third-order valence-corrected chi connectivity index (χ3v) is 3.16. The summed E-state index contributed by atoms with van der Waals surface area (Å²) in [5.74, 6) is -1.00. The molecule has 0 heterocycles. The van der Waals surface area contributed by atoms with Crippen molar-refractivity contribution in [1.82, 2.24) is 5.32 Å². The van der Waals surface area contributed by atoms with Crippen molar-refractivity contribution < 1.29 is 24.2 Å². The second-order valence-corrected chi connectivity index (χ2v) is 5.62. The molecule has 0 aliphatic carbocycles. The molecule has 1 rings (SSSR count). The molecule has 0 radical (unpaired) electrons. The first-order valence-electron chi connectivity index (χ1n) is 7.75. The Labute approximate surface area is 136 Å². The average Bonchev–Trinajstić information content (AvgIpc) is 2.51. The molecule has 1 amide bonds. The lowest BCUT2D eigenvalue weighted by atomic mass is 10.0. The van der Waals surface area contributed by atoms with Crippen LogP contribution in [0.2, 0.25) is 0 Å². The summed E-state index contributed by atoms with van der Waals surface area (Å²) in [6, 6.07) is 9.40. The van der Waals surface area contributed by atoms with E-state index < -0.39 is 12.1 Å². The van der Waals surface area contributed by atoms with Gasteiger partial charge in [0.1, 0.15) is 6.61 Å². The van der Waals surface area contributed by atoms with Crippen LogP contribution < -0.4 is 5.32 Å². The molecule has 0 saturated heterocycles. The Balaban J connectivity index is 2.25. The zero-order valence-corrected chi connectivity index (χ0v) is 13.7. The fourth-order valence-electron chi connectivity index (χ4n) is 1.97. The predicted molar refractivity (Wildman–Crippen MR) is 86.1 cm³/mol. The van der Waals surface area contributed by atoms with Gasteiger partial charge in [-0.2, -0.15) is 0 Å². The van der Waals surface area contributed by atoms with Gasteiger partial charge in [0.2, 0.25) is 0 Å². The molecule has 0 aliphatic heterocycles. The topological polar surface area (TPSA) is 84.9 Å². The van der Waals surface area contributed by atoms with Crippen molar-refractivity contribution in [2.45, 2.75) is 39.4 Å². The number of rotatable bonds is 10. The van der Waals surface area contributed by atoms with Gasteiger partial charge in [-0.25, -0.2) is 4.79 Å². The Bertz CT molecular complexity index is 475. The average molecular weight is 323 g/mol. The maximum atomic E-state index is 11.6. The first-order chi connectivity index (χ1) is 11.0. The molecule has 6 nitrogen and oxygen atoms in total. The molecule has 128 valence electrons. The van der Waals surface area contributed by atoms with Crippen LogP contribution in [-0.4, -0.2) is 36.4 Å². The van der Waals surface area contributed by atoms with Crippen molar-refractivity contribution >= 4 is 12.1 Å². The highest BCUT2D eigenvalue weighted by Crippen LogP contribution is 2.10. The van der Waals surface area contributed by atoms with E-state index >= 15 is 0 Å². The number of carboxylic acid groups (broad SMARTS) is 1. The number of alkyl carbamates (subject to hydrolysis) is 1. The van der Waals surface area contributed by atoms with Crippen molar-refractivity contribution in [3.63, 3.8) is 0 Å². The second kappa shape index (κ2) is 10.6. The van der Waals surface area contributed by atoms with Crippen LogP contribution in [0.3, 0.4) is 0 Å². The number of ether oxygens (including phenoxy) is 2. The lowest BCUT2D eigenvalue weighted by Gasteiger charge is -2.17. The van der Waals surface area contributed by atoms with Crippen molar-refractivity contribution in [2.75, 3.05) is 13.2 Å². The molecule has 0 saturated carbocycles. The van der Waals surface area contributed by atoms with Gasteiger partial charge in [0, 0.05) is 6.54 Å². The number of benzene rings is 1. The molecule has 0 aromatic heterocycles. The third-order valence-electron chi connectivity index (χ3n) is 3.16. The number of carboxylic acids is 1. The van der Waals surface area contributed by atoms with Crippen LogP contribution in [0.25, 0.3) is 0 Å². The summed E-state index contributed by atoms with van der Waals surface area (Å²) < 4.78 is 10.6. The van der Waals surface area contributed by atoms with E-state index in [9.17, 15) is 9.59 Å². The molecule has 6 heteroatoms. The molecule has 0 spiro atoms. The Kier molecular flexibility index (Phi) is 8.75. The highest BCUT2D eigenvalue weighted by molar-refractivity contribution is 5.67. The maximum Gasteiger partial charge on any atom is 0.407 e. The molecular weight excluding hydrogens is 298 g/mol. The summed E-state index contributed by atoms with van der Waals surface area (Å²) in [6.07, 6.45) is 0.0928. The Morgan fingerprint density at radius 3 is 2.52 bits per heavy atom. The van der Waals surface area contributed by atoms with Crippen molar-refractivity contribution in [1.29, 1.82) is 0 Å². The third kappa shape index (κ3) is 9.52. The highest BCUT2D eigenvalue weighted by Gasteiger charge is 2.15. The van der Waals surface area contributed by atoms with Crippen molar-refractivity contribution in [3.05, 3.63) is 35.9 Å². The van der Waals surface area contributed by atoms with E-state index in [1.54, 1.807) is 0 Å². The number of carbonyl (C=O) groups is 2. The molecule has 0 aliphatic rings. The van der Waals surface area contributed by atoms with Gasteiger partial charge in [-0.1, -0.05) is 30.3 Å². The number of carbonyl (C=O) groups excluding carboxylic acids is 1. The molecule has 0 fully saturated rings. The molecule has 1 aromatic carbocycles. The van der Waals surface area contributed by atoms with Gasteiger partial charge in [-0.15, -0.1) is 0 Å². The van der Waals surface area contributed by atoms with Crippen LogP contribution in [0, 0.1) is 5.92 Å². The first-order valence-corrected chi connectivity index (χ1v) is 7.75. The van der Waals surface area contributed by atoms with Gasteiger partial charge < -0.3 is 19.9 Å². The Morgan fingerprint density at radius 1 is 1.22 bits per heavy atom. The van der Waals surface area contributed by atoms with Gasteiger partial charge >= 0.3 is 12.1 Å². The smallest absolute Gasteiger partial charge is 0.407 e. The normalized spacial score (nSPS) is 12.0. The van der Waals surface area contributed by atoms with E-state index in [-0.39, 0.29) is 25.0 Å². The quantitative estimate of drug-likeness (QED) is 0.691. The van der Waals surface area contributed by atoms with Gasteiger partial charge in [0.15, 0.2) is 0 Å². The number of aliphatic carboxylic acids is 1. The van der Waals surface area contributed by atoms with Crippen molar-refractivity contribution in [3.8, 4) is 0 Å². The van der Waals surface area contributed by atoms with Crippen LogP contribution >= 0.6 is 0 Å². The monoisotopic (exact) mass is 323 g/mol. The molecule has 0 bridgehead atoms. The van der Waals surface area contributed by atoms with Gasteiger partial charge in [0.25, 0.3) is 0 Å². The van der Waals surface area contributed by atoms with Gasteiger partial charge in [-0.3, -0.25) is 4.79 Å². The standard InChI is InChI=1S/C17H25NO5/c1-13(2)22-12-15(10-16(19)20)8-9-18-17(21)23-11-14-6-4-3-5-7-14/h3-7,13,15H,8-12H2,1-2H3,(H,18,21)(H,19,20). The zero-order valence-electron chi connectivity index (χ0n) is 13.7. The second-order valence-electron chi connectivity index (χ2n) is 5.62. The molecule has 1 atom stereocenters. The predicted octanol–water partition coefficient (Wildman–Crippen LogP) is 2.82. The van der Waals surface area contributed by atoms with E-state index in [2.05, 4.69) is 5.32 Å². The molecular formula is C17H25NO5. The summed E-state index contributed by atoms with van der Waals surface area (Å²) in [6.45, 7) is 4.73. The first kappa shape index (κ1) is 19.0. The van der Waals surface area contributed by atoms with E-state index in [0.717, 1.165) is 5.56 Å². The van der Waals surface area contributed by atoms with Crippen LogP contribution in [0.1, 0.15) is 32.3 Å². The van der Waals surface area contributed by atoms with Crippen LogP contribution in [-0.2, 0) is 20.9 Å². The molecule has 1 aromatic rings. The number of hydrogen-bond donors (Lipinski definition) is 2. The van der Waals surface area contributed by atoms with E-state index in [1.807, 2.05) is 44.2 Å². The summed E-state index contributed by atoms with van der Waals surface area (Å²) >= 11 is 0. The summed E-state index contributed by atoms with van der Waals surface area (Å²) in [7, 11) is 0.